The van der Waals surface area contributed by atoms with Crippen LogP contribution in [0.5, 0.6) is 11.5 Å². The quantitative estimate of drug-likeness (QED) is 0.427. The van der Waals surface area contributed by atoms with Crippen LogP contribution in [-0.4, -0.2) is 33.4 Å². The summed E-state index contributed by atoms with van der Waals surface area (Å²) >= 11 is 0. The molecule has 0 bridgehead atoms. The zero-order chi connectivity index (χ0) is 23.7. The minimum atomic E-state index is -0.558. The summed E-state index contributed by atoms with van der Waals surface area (Å²) in [5.41, 5.74) is 1.94. The van der Waals surface area contributed by atoms with Gasteiger partial charge in [-0.05, 0) is 41.8 Å². The Balaban J connectivity index is 1.50. The van der Waals surface area contributed by atoms with Crippen LogP contribution in [0.4, 0.5) is 0 Å². The van der Waals surface area contributed by atoms with E-state index in [-0.39, 0.29) is 31.2 Å². The molecule has 3 aromatic carbocycles. The normalized spacial score (nSPS) is 12.3. The van der Waals surface area contributed by atoms with E-state index in [4.69, 9.17) is 14.6 Å². The topological polar surface area (TPSA) is 99.8 Å². The molecule has 0 fully saturated rings. The molecule has 172 valence electrons. The second kappa shape index (κ2) is 8.99. The van der Waals surface area contributed by atoms with Crippen molar-refractivity contribution in [2.75, 3.05) is 13.4 Å². The van der Waals surface area contributed by atoms with Gasteiger partial charge < -0.3 is 14.6 Å². The van der Waals surface area contributed by atoms with Gasteiger partial charge in [-0.25, -0.2) is 4.79 Å². The van der Waals surface area contributed by atoms with Gasteiger partial charge in [0.05, 0.1) is 17.4 Å². The largest absolute Gasteiger partial charge is 0.454 e. The van der Waals surface area contributed by atoms with Gasteiger partial charge in [0.1, 0.15) is 6.61 Å². The lowest BCUT2D eigenvalue weighted by Gasteiger charge is -2.14. The van der Waals surface area contributed by atoms with Crippen LogP contribution in [-0.2, 0) is 19.5 Å². The van der Waals surface area contributed by atoms with E-state index in [0.29, 0.717) is 34.4 Å². The second-order valence-corrected chi connectivity index (χ2v) is 8.06. The second-order valence-electron chi connectivity index (χ2n) is 8.06. The Morgan fingerprint density at radius 1 is 0.882 bits per heavy atom. The number of aliphatic hydroxyl groups is 1. The molecule has 8 nitrogen and oxygen atoms in total. The van der Waals surface area contributed by atoms with Gasteiger partial charge in [-0.1, -0.05) is 42.5 Å². The summed E-state index contributed by atoms with van der Waals surface area (Å²) in [5, 5.41) is 9.50. The number of carbonyl (C=O) groups is 1. The lowest BCUT2D eigenvalue weighted by molar-refractivity contribution is 0.0903. The number of hydrogen-bond acceptors (Lipinski definition) is 6. The number of hydrogen-bond donors (Lipinski definition) is 1. The molecule has 0 spiro atoms. The van der Waals surface area contributed by atoms with Crippen molar-refractivity contribution in [2.45, 2.75) is 19.5 Å². The van der Waals surface area contributed by atoms with Crippen molar-refractivity contribution in [3.05, 3.63) is 104 Å². The van der Waals surface area contributed by atoms with E-state index in [1.165, 1.54) is 4.57 Å². The van der Waals surface area contributed by atoms with Gasteiger partial charge in [0, 0.05) is 12.1 Å². The fraction of sp³-hybridized carbons (Fsp3) is 0.192. The van der Waals surface area contributed by atoms with E-state index >= 15 is 0 Å². The first-order chi connectivity index (χ1) is 16.5. The Labute approximate surface area is 194 Å². The maximum atomic E-state index is 13.4. The first-order valence-electron chi connectivity index (χ1n) is 10.9. The highest BCUT2D eigenvalue weighted by molar-refractivity contribution is 5.96. The molecular formula is C26H22N2O6. The molecule has 2 heterocycles. The highest BCUT2D eigenvalue weighted by Crippen LogP contribution is 2.32. The van der Waals surface area contributed by atoms with Gasteiger partial charge in [0.15, 0.2) is 17.3 Å². The maximum Gasteiger partial charge on any atom is 0.331 e. The van der Waals surface area contributed by atoms with Crippen LogP contribution in [0.3, 0.4) is 0 Å². The number of benzene rings is 3. The summed E-state index contributed by atoms with van der Waals surface area (Å²) in [6.45, 7) is 0.0733. The average molecular weight is 458 g/mol. The molecule has 0 radical (unpaired) electrons. The van der Waals surface area contributed by atoms with Gasteiger partial charge >= 0.3 is 5.69 Å². The number of fused-ring (bicyclic) bond motifs is 2. The van der Waals surface area contributed by atoms with Crippen molar-refractivity contribution in [1.82, 2.24) is 9.13 Å². The summed E-state index contributed by atoms with van der Waals surface area (Å²) in [7, 11) is 0. The number of aliphatic hydroxyl groups excluding tert-OH is 1. The fourth-order valence-electron chi connectivity index (χ4n) is 4.13. The van der Waals surface area contributed by atoms with Gasteiger partial charge in [-0.3, -0.25) is 18.7 Å². The number of Topliss-reactive ketones (excluding diaryl/α,β-unsaturated/α-hetero) is 1. The Kier molecular flexibility index (Phi) is 5.73. The molecule has 1 N–H and O–H groups in total. The molecule has 5 rings (SSSR count). The van der Waals surface area contributed by atoms with Crippen LogP contribution >= 0.6 is 0 Å². The molecule has 0 saturated carbocycles. The highest BCUT2D eigenvalue weighted by atomic mass is 16.7. The number of ketones is 1. The average Bonchev–Trinajstić information content (AvgIpc) is 3.34. The SMILES string of the molecule is O=C(CO)c1ccc(Cn2c(=O)n(CCc3ccc4c(c3)OCO4)c(=O)c3ccccc32)cc1. The number of ether oxygens (including phenoxy) is 2. The van der Waals surface area contributed by atoms with Crippen molar-refractivity contribution < 1.29 is 19.4 Å². The molecule has 0 atom stereocenters. The summed E-state index contributed by atoms with van der Waals surface area (Å²) in [4.78, 5) is 38.3. The molecule has 1 aliphatic heterocycles. The van der Waals surface area contributed by atoms with E-state index in [1.807, 2.05) is 18.2 Å². The number of aryl methyl sites for hydroxylation is 1. The summed E-state index contributed by atoms with van der Waals surface area (Å²) in [6.07, 6.45) is 0.474. The van der Waals surface area contributed by atoms with Crippen LogP contribution in [0.25, 0.3) is 10.9 Å². The molecule has 1 aromatic heterocycles. The minimum absolute atomic E-state index is 0.183. The van der Waals surface area contributed by atoms with E-state index in [0.717, 1.165) is 11.1 Å². The molecule has 0 aliphatic carbocycles. The molecule has 34 heavy (non-hydrogen) atoms. The molecule has 0 amide bonds. The smallest absolute Gasteiger partial charge is 0.331 e. The summed E-state index contributed by atoms with van der Waals surface area (Å²) < 4.78 is 13.6. The van der Waals surface area contributed by atoms with E-state index < -0.39 is 12.3 Å². The highest BCUT2D eigenvalue weighted by Gasteiger charge is 2.16. The Bertz CT molecular complexity index is 1500. The van der Waals surface area contributed by atoms with Crippen molar-refractivity contribution in [1.29, 1.82) is 0 Å². The zero-order valence-corrected chi connectivity index (χ0v) is 18.3. The van der Waals surface area contributed by atoms with Crippen LogP contribution in [0.1, 0.15) is 21.5 Å². The summed E-state index contributed by atoms with van der Waals surface area (Å²) in [6, 6.07) is 19.3. The van der Waals surface area contributed by atoms with Crippen LogP contribution in [0.2, 0.25) is 0 Å². The minimum Gasteiger partial charge on any atom is -0.454 e. The fourth-order valence-corrected chi connectivity index (χ4v) is 4.13. The molecule has 4 aromatic rings. The Morgan fingerprint density at radius 3 is 2.41 bits per heavy atom. The van der Waals surface area contributed by atoms with Gasteiger partial charge in [-0.15, -0.1) is 0 Å². The predicted molar refractivity (Wildman–Crippen MR) is 126 cm³/mol. The number of para-hydroxylation sites is 1. The lowest BCUT2D eigenvalue weighted by Crippen LogP contribution is -2.40. The van der Waals surface area contributed by atoms with E-state index in [2.05, 4.69) is 0 Å². The molecule has 8 heteroatoms. The lowest BCUT2D eigenvalue weighted by atomic mass is 10.1. The maximum absolute atomic E-state index is 13.4. The Morgan fingerprint density at radius 2 is 1.62 bits per heavy atom. The van der Waals surface area contributed by atoms with Crippen LogP contribution < -0.4 is 20.7 Å². The van der Waals surface area contributed by atoms with Crippen LogP contribution in [0.15, 0.2) is 76.3 Å². The van der Waals surface area contributed by atoms with Crippen molar-refractivity contribution >= 4 is 16.7 Å². The van der Waals surface area contributed by atoms with Crippen molar-refractivity contribution in [3.63, 3.8) is 0 Å². The molecule has 0 unspecified atom stereocenters. The first-order valence-corrected chi connectivity index (χ1v) is 10.9. The first kappa shape index (κ1) is 21.7. The predicted octanol–water partition coefficient (Wildman–Crippen LogP) is 2.36. The number of aromatic nitrogens is 2. The van der Waals surface area contributed by atoms with Crippen LogP contribution in [0, 0.1) is 0 Å². The van der Waals surface area contributed by atoms with E-state index in [9.17, 15) is 14.4 Å². The van der Waals surface area contributed by atoms with Crippen molar-refractivity contribution in [3.8, 4) is 11.5 Å². The Hall–Kier alpha value is -4.17. The van der Waals surface area contributed by atoms with Gasteiger partial charge in [-0.2, -0.15) is 0 Å². The van der Waals surface area contributed by atoms with Gasteiger partial charge in [0.2, 0.25) is 6.79 Å². The number of carbonyl (C=O) groups excluding carboxylic acids is 1. The zero-order valence-electron chi connectivity index (χ0n) is 18.3. The third-order valence-electron chi connectivity index (χ3n) is 5.95. The van der Waals surface area contributed by atoms with Crippen molar-refractivity contribution in [2.24, 2.45) is 0 Å². The number of rotatable bonds is 7. The number of nitrogens with zero attached hydrogens (tertiary/aromatic N) is 2. The molecular weight excluding hydrogens is 436 g/mol. The molecule has 0 saturated heterocycles. The van der Waals surface area contributed by atoms with E-state index in [1.54, 1.807) is 53.1 Å². The standard InChI is InChI=1S/C26H22N2O6/c29-15-22(30)19-8-5-18(6-9-19)14-28-21-4-2-1-3-20(21)25(31)27(26(28)32)12-11-17-7-10-23-24(13-17)34-16-33-23/h1-10,13,29H,11-12,14-16H2. The monoisotopic (exact) mass is 458 g/mol. The third-order valence-corrected chi connectivity index (χ3v) is 5.95. The molecule has 1 aliphatic rings. The third kappa shape index (κ3) is 3.99. The summed E-state index contributed by atoms with van der Waals surface area (Å²) in [5.74, 6) is 0.968. The van der Waals surface area contributed by atoms with Gasteiger partial charge in [0.25, 0.3) is 5.56 Å².